The highest BCUT2D eigenvalue weighted by atomic mass is 16.2. The summed E-state index contributed by atoms with van der Waals surface area (Å²) in [5.41, 5.74) is 0. The van der Waals surface area contributed by atoms with Gasteiger partial charge in [0.05, 0.1) is 0 Å². The maximum absolute atomic E-state index is 11.4. The first kappa shape index (κ1) is 14.7. The molecule has 0 heterocycles. The Balaban J connectivity index is 4.28. The number of hydrogen-bond donors (Lipinski definition) is 2. The molecule has 16 heavy (non-hydrogen) atoms. The summed E-state index contributed by atoms with van der Waals surface area (Å²) in [5.74, 6) is 0.702. The third-order valence-electron chi connectivity index (χ3n) is 2.21. The second kappa shape index (κ2) is 7.96. The molecule has 0 rings (SSSR count). The van der Waals surface area contributed by atoms with E-state index in [4.69, 9.17) is 0 Å². The SMILES string of the molecule is CCNC(=NCC(=O)N(C)C)NC(C)CC. The number of carbonyl (C=O) groups excluding carboxylic acids is 1. The molecule has 0 aliphatic heterocycles. The highest BCUT2D eigenvalue weighted by molar-refractivity contribution is 5.84. The molecule has 5 heteroatoms. The monoisotopic (exact) mass is 228 g/mol. The van der Waals surface area contributed by atoms with Crippen LogP contribution in [-0.2, 0) is 4.79 Å². The van der Waals surface area contributed by atoms with Gasteiger partial charge in [-0.3, -0.25) is 4.79 Å². The third kappa shape index (κ3) is 6.27. The van der Waals surface area contributed by atoms with Crippen molar-refractivity contribution in [3.8, 4) is 0 Å². The Hall–Kier alpha value is -1.26. The quantitative estimate of drug-likeness (QED) is 0.530. The van der Waals surface area contributed by atoms with Gasteiger partial charge in [-0.15, -0.1) is 0 Å². The molecule has 0 aromatic heterocycles. The molecule has 0 saturated carbocycles. The van der Waals surface area contributed by atoms with Crippen molar-refractivity contribution in [2.45, 2.75) is 33.2 Å². The average molecular weight is 228 g/mol. The Labute approximate surface area is 98.3 Å². The fraction of sp³-hybridized carbons (Fsp3) is 0.818. The lowest BCUT2D eigenvalue weighted by Gasteiger charge is -2.16. The van der Waals surface area contributed by atoms with Crippen LogP contribution in [-0.4, -0.2) is 50.0 Å². The van der Waals surface area contributed by atoms with Crippen LogP contribution in [0.25, 0.3) is 0 Å². The number of nitrogens with one attached hydrogen (secondary N) is 2. The Kier molecular flexibility index (Phi) is 7.33. The van der Waals surface area contributed by atoms with Crippen LogP contribution >= 0.6 is 0 Å². The van der Waals surface area contributed by atoms with E-state index in [1.54, 1.807) is 14.1 Å². The topological polar surface area (TPSA) is 56.7 Å². The number of carbonyl (C=O) groups is 1. The van der Waals surface area contributed by atoms with Crippen molar-refractivity contribution in [3.05, 3.63) is 0 Å². The van der Waals surface area contributed by atoms with E-state index in [2.05, 4.69) is 29.5 Å². The van der Waals surface area contributed by atoms with Gasteiger partial charge < -0.3 is 15.5 Å². The van der Waals surface area contributed by atoms with Crippen LogP contribution in [0.3, 0.4) is 0 Å². The van der Waals surface area contributed by atoms with Crippen LogP contribution in [0.5, 0.6) is 0 Å². The van der Waals surface area contributed by atoms with E-state index in [0.717, 1.165) is 13.0 Å². The summed E-state index contributed by atoms with van der Waals surface area (Å²) in [4.78, 5) is 17.1. The minimum absolute atomic E-state index is 0.00125. The van der Waals surface area contributed by atoms with Gasteiger partial charge in [0.15, 0.2) is 5.96 Å². The Morgan fingerprint density at radius 2 is 2.00 bits per heavy atom. The number of hydrogen-bond acceptors (Lipinski definition) is 2. The average Bonchev–Trinajstić information content (AvgIpc) is 2.25. The van der Waals surface area contributed by atoms with Crippen molar-refractivity contribution in [2.24, 2.45) is 4.99 Å². The van der Waals surface area contributed by atoms with Gasteiger partial charge in [0.2, 0.25) is 5.91 Å². The molecular formula is C11H24N4O. The van der Waals surface area contributed by atoms with Gasteiger partial charge in [0, 0.05) is 26.7 Å². The summed E-state index contributed by atoms with van der Waals surface area (Å²) in [6, 6.07) is 0.354. The van der Waals surface area contributed by atoms with Gasteiger partial charge >= 0.3 is 0 Å². The van der Waals surface area contributed by atoms with Gasteiger partial charge in [-0.05, 0) is 20.3 Å². The number of amides is 1. The maximum Gasteiger partial charge on any atom is 0.243 e. The highest BCUT2D eigenvalue weighted by Crippen LogP contribution is 1.88. The second-order valence-corrected chi connectivity index (χ2v) is 3.94. The van der Waals surface area contributed by atoms with Crippen LogP contribution in [0.15, 0.2) is 4.99 Å². The van der Waals surface area contributed by atoms with E-state index in [1.165, 1.54) is 4.90 Å². The lowest BCUT2D eigenvalue weighted by molar-refractivity contribution is -0.127. The van der Waals surface area contributed by atoms with E-state index in [9.17, 15) is 4.79 Å². The number of nitrogens with zero attached hydrogens (tertiary/aromatic N) is 2. The first-order valence-electron chi connectivity index (χ1n) is 5.76. The number of likely N-dealkylation sites (N-methyl/N-ethyl adjacent to an activating group) is 1. The van der Waals surface area contributed by atoms with Crippen LogP contribution in [0, 0.1) is 0 Å². The Bertz CT molecular complexity index is 238. The third-order valence-corrected chi connectivity index (χ3v) is 2.21. The number of aliphatic imine (C=N–C) groups is 1. The van der Waals surface area contributed by atoms with Crippen molar-refractivity contribution in [2.75, 3.05) is 27.2 Å². The van der Waals surface area contributed by atoms with Crippen LogP contribution in [0.2, 0.25) is 0 Å². The summed E-state index contributed by atoms with van der Waals surface area (Å²) in [7, 11) is 3.46. The van der Waals surface area contributed by atoms with Crippen LogP contribution < -0.4 is 10.6 Å². The van der Waals surface area contributed by atoms with Crippen molar-refractivity contribution >= 4 is 11.9 Å². The van der Waals surface area contributed by atoms with Gasteiger partial charge in [-0.1, -0.05) is 6.92 Å². The molecule has 0 aromatic carbocycles. The highest BCUT2D eigenvalue weighted by Gasteiger charge is 2.05. The maximum atomic E-state index is 11.4. The molecule has 0 radical (unpaired) electrons. The van der Waals surface area contributed by atoms with E-state index in [0.29, 0.717) is 12.0 Å². The van der Waals surface area contributed by atoms with Crippen molar-refractivity contribution in [1.29, 1.82) is 0 Å². The predicted molar refractivity (Wildman–Crippen MR) is 67.6 cm³/mol. The minimum Gasteiger partial charge on any atom is -0.357 e. The molecule has 1 amide bonds. The van der Waals surface area contributed by atoms with E-state index < -0.39 is 0 Å². The summed E-state index contributed by atoms with van der Waals surface area (Å²) < 4.78 is 0. The molecule has 0 spiro atoms. The van der Waals surface area contributed by atoms with E-state index in [-0.39, 0.29) is 12.5 Å². The zero-order valence-electron chi connectivity index (χ0n) is 11.0. The normalized spacial score (nSPS) is 13.2. The summed E-state index contributed by atoms with van der Waals surface area (Å²) >= 11 is 0. The largest absolute Gasteiger partial charge is 0.357 e. The first-order chi connectivity index (χ1) is 7.51. The predicted octanol–water partition coefficient (Wildman–Crippen LogP) is 0.428. The zero-order valence-corrected chi connectivity index (χ0v) is 11.0. The van der Waals surface area contributed by atoms with Crippen LogP contribution in [0.4, 0.5) is 0 Å². The fourth-order valence-corrected chi connectivity index (χ4v) is 0.944. The van der Waals surface area contributed by atoms with Crippen molar-refractivity contribution < 1.29 is 4.79 Å². The first-order valence-corrected chi connectivity index (χ1v) is 5.76. The van der Waals surface area contributed by atoms with Crippen molar-refractivity contribution in [1.82, 2.24) is 15.5 Å². The Morgan fingerprint density at radius 3 is 2.44 bits per heavy atom. The molecule has 0 bridgehead atoms. The Morgan fingerprint density at radius 1 is 1.38 bits per heavy atom. The molecule has 0 aliphatic carbocycles. The summed E-state index contributed by atoms with van der Waals surface area (Å²) in [6.45, 7) is 7.16. The molecule has 0 saturated heterocycles. The zero-order chi connectivity index (χ0) is 12.6. The van der Waals surface area contributed by atoms with Gasteiger partial charge in [0.25, 0.3) is 0 Å². The van der Waals surface area contributed by atoms with E-state index in [1.807, 2.05) is 6.92 Å². The fourth-order valence-electron chi connectivity index (χ4n) is 0.944. The molecule has 2 N–H and O–H groups in total. The van der Waals surface area contributed by atoms with Gasteiger partial charge in [-0.25, -0.2) is 4.99 Å². The smallest absolute Gasteiger partial charge is 0.243 e. The number of rotatable bonds is 5. The lowest BCUT2D eigenvalue weighted by atomic mass is 10.3. The summed E-state index contributed by atoms with van der Waals surface area (Å²) in [5, 5.41) is 6.34. The molecule has 0 fully saturated rings. The standard InChI is InChI=1S/C11H24N4O/c1-6-9(3)14-11(12-7-2)13-8-10(16)15(4)5/h9H,6-8H2,1-5H3,(H2,12,13,14). The lowest BCUT2D eigenvalue weighted by Crippen LogP contribution is -2.42. The minimum atomic E-state index is 0.00125. The second-order valence-electron chi connectivity index (χ2n) is 3.94. The summed E-state index contributed by atoms with van der Waals surface area (Å²) in [6.07, 6.45) is 1.02. The molecule has 0 aromatic rings. The number of guanidine groups is 1. The molecule has 1 atom stereocenters. The molecule has 0 aliphatic rings. The van der Waals surface area contributed by atoms with Crippen LogP contribution in [0.1, 0.15) is 27.2 Å². The van der Waals surface area contributed by atoms with Gasteiger partial charge in [-0.2, -0.15) is 0 Å². The molecule has 5 nitrogen and oxygen atoms in total. The van der Waals surface area contributed by atoms with Gasteiger partial charge in [0.1, 0.15) is 6.54 Å². The molecule has 1 unspecified atom stereocenters. The molecular weight excluding hydrogens is 204 g/mol. The van der Waals surface area contributed by atoms with Crippen molar-refractivity contribution in [3.63, 3.8) is 0 Å². The molecule has 94 valence electrons. The van der Waals surface area contributed by atoms with E-state index >= 15 is 0 Å².